The maximum Gasteiger partial charge on any atom is 0.234 e. The van der Waals surface area contributed by atoms with Crippen LogP contribution in [0.25, 0.3) is 16.9 Å². The first-order valence-corrected chi connectivity index (χ1v) is 11.4. The van der Waals surface area contributed by atoms with Gasteiger partial charge in [-0.2, -0.15) is 5.10 Å². The summed E-state index contributed by atoms with van der Waals surface area (Å²) in [6.07, 6.45) is 3.14. The molecule has 148 valence electrons. The van der Waals surface area contributed by atoms with Crippen molar-refractivity contribution >= 4 is 38.5 Å². The topological polar surface area (TPSA) is 84.6 Å². The summed E-state index contributed by atoms with van der Waals surface area (Å²) in [7, 11) is -1.84. The lowest BCUT2D eigenvalue weighted by molar-refractivity contribution is 0.104. The molecule has 9 heteroatoms. The van der Waals surface area contributed by atoms with E-state index in [1.807, 2.05) is 17.5 Å². The largest absolute Gasteiger partial charge is 0.287 e. The Balaban J connectivity index is 1.80. The van der Waals surface area contributed by atoms with Crippen LogP contribution in [-0.4, -0.2) is 41.6 Å². The van der Waals surface area contributed by atoms with E-state index in [-0.39, 0.29) is 11.5 Å². The van der Waals surface area contributed by atoms with Gasteiger partial charge in [-0.15, -0.1) is 11.3 Å². The Kier molecular flexibility index (Phi) is 4.93. The smallest absolute Gasteiger partial charge is 0.234 e. The number of thiophene rings is 1. The summed E-state index contributed by atoms with van der Waals surface area (Å²) in [5.74, 6) is -0.109. The third-order valence-corrected chi connectivity index (χ3v) is 7.32. The van der Waals surface area contributed by atoms with Gasteiger partial charge in [0.05, 0.1) is 33.8 Å². The summed E-state index contributed by atoms with van der Waals surface area (Å²) in [5, 5.41) is 6.22. The van der Waals surface area contributed by atoms with Gasteiger partial charge in [0.15, 0.2) is 5.65 Å². The summed E-state index contributed by atoms with van der Waals surface area (Å²) in [4.78, 5) is 17.7. The fourth-order valence-corrected chi connectivity index (χ4v) is 4.53. The molecule has 3 aromatic heterocycles. The van der Waals surface area contributed by atoms with Gasteiger partial charge in [-0.05, 0) is 36.6 Å². The SMILES string of the molecule is CCS(=O)(=O)N(C)c1cccc(-c2ccnc3c(C(=O)c4cccs4)cnn23)c1. The second-order valence-electron chi connectivity index (χ2n) is 6.35. The Morgan fingerprint density at radius 3 is 2.76 bits per heavy atom. The minimum Gasteiger partial charge on any atom is -0.287 e. The van der Waals surface area contributed by atoms with Crippen LogP contribution in [0.3, 0.4) is 0 Å². The van der Waals surface area contributed by atoms with Crippen molar-refractivity contribution in [1.29, 1.82) is 0 Å². The predicted octanol–water partition coefficient (Wildman–Crippen LogP) is 3.47. The molecule has 29 heavy (non-hydrogen) atoms. The lowest BCUT2D eigenvalue weighted by Gasteiger charge is -2.19. The number of carbonyl (C=O) groups is 1. The fraction of sp³-hybridized carbons (Fsp3) is 0.150. The molecule has 0 aliphatic rings. The second-order valence-corrected chi connectivity index (χ2v) is 9.59. The van der Waals surface area contributed by atoms with Crippen molar-refractivity contribution in [1.82, 2.24) is 14.6 Å². The number of nitrogens with zero attached hydrogens (tertiary/aromatic N) is 4. The van der Waals surface area contributed by atoms with Gasteiger partial charge in [-0.1, -0.05) is 18.2 Å². The van der Waals surface area contributed by atoms with Gasteiger partial charge >= 0.3 is 0 Å². The molecule has 3 heterocycles. The molecule has 0 unspecified atom stereocenters. The first-order valence-electron chi connectivity index (χ1n) is 8.90. The number of fused-ring (bicyclic) bond motifs is 1. The van der Waals surface area contributed by atoms with Crippen LogP contribution in [0.15, 0.2) is 60.2 Å². The van der Waals surface area contributed by atoms with Crippen LogP contribution in [0.1, 0.15) is 22.2 Å². The highest BCUT2D eigenvalue weighted by Gasteiger charge is 2.20. The maximum atomic E-state index is 12.8. The predicted molar refractivity (Wildman–Crippen MR) is 114 cm³/mol. The van der Waals surface area contributed by atoms with Crippen LogP contribution in [-0.2, 0) is 10.0 Å². The number of anilines is 1. The Hall–Kier alpha value is -3.04. The van der Waals surface area contributed by atoms with Gasteiger partial charge in [0, 0.05) is 18.8 Å². The minimum atomic E-state index is -3.37. The first kappa shape index (κ1) is 19.3. The van der Waals surface area contributed by atoms with Crippen LogP contribution < -0.4 is 4.31 Å². The highest BCUT2D eigenvalue weighted by Crippen LogP contribution is 2.27. The molecule has 0 amide bonds. The zero-order chi connectivity index (χ0) is 20.6. The van der Waals surface area contributed by atoms with E-state index in [1.54, 1.807) is 48.0 Å². The van der Waals surface area contributed by atoms with E-state index in [0.29, 0.717) is 27.5 Å². The Bertz CT molecular complexity index is 1290. The van der Waals surface area contributed by atoms with Crippen molar-refractivity contribution in [3.63, 3.8) is 0 Å². The van der Waals surface area contributed by atoms with Crippen LogP contribution in [0.2, 0.25) is 0 Å². The molecule has 0 radical (unpaired) electrons. The van der Waals surface area contributed by atoms with E-state index < -0.39 is 10.0 Å². The number of ketones is 1. The highest BCUT2D eigenvalue weighted by atomic mass is 32.2. The van der Waals surface area contributed by atoms with Gasteiger partial charge < -0.3 is 0 Å². The molecule has 0 bridgehead atoms. The van der Waals surface area contributed by atoms with Crippen molar-refractivity contribution in [2.45, 2.75) is 6.92 Å². The van der Waals surface area contributed by atoms with Gasteiger partial charge in [0.1, 0.15) is 0 Å². The highest BCUT2D eigenvalue weighted by molar-refractivity contribution is 7.92. The number of benzene rings is 1. The molecule has 0 atom stereocenters. The summed E-state index contributed by atoms with van der Waals surface area (Å²) >= 11 is 1.37. The molecule has 0 saturated carbocycles. The standard InChI is InChI=1S/C20H18N4O3S2/c1-3-29(26,27)23(2)15-7-4-6-14(12-15)17-9-10-21-20-16(13-22-24(17)20)19(25)18-8-5-11-28-18/h4-13H,3H2,1-2H3. The molecule has 1 aromatic carbocycles. The van der Waals surface area contributed by atoms with Crippen molar-refractivity contribution in [3.8, 4) is 11.3 Å². The van der Waals surface area contributed by atoms with Gasteiger partial charge in [-0.25, -0.2) is 17.9 Å². The number of carbonyl (C=O) groups excluding carboxylic acids is 1. The van der Waals surface area contributed by atoms with Crippen LogP contribution in [0.4, 0.5) is 5.69 Å². The maximum absolute atomic E-state index is 12.8. The quantitative estimate of drug-likeness (QED) is 0.441. The molecule has 0 saturated heterocycles. The number of hydrogen-bond acceptors (Lipinski definition) is 6. The second kappa shape index (κ2) is 7.41. The van der Waals surface area contributed by atoms with Gasteiger partial charge in [-0.3, -0.25) is 9.10 Å². The number of aromatic nitrogens is 3. The molecule has 0 aliphatic heterocycles. The molecule has 0 N–H and O–H groups in total. The molecule has 0 aliphatic carbocycles. The summed E-state index contributed by atoms with van der Waals surface area (Å²) in [5.41, 5.74) is 2.92. The third-order valence-electron chi connectivity index (χ3n) is 4.68. The van der Waals surface area contributed by atoms with Crippen molar-refractivity contribution < 1.29 is 13.2 Å². The zero-order valence-electron chi connectivity index (χ0n) is 15.8. The first-order chi connectivity index (χ1) is 13.9. The number of sulfonamides is 1. The summed E-state index contributed by atoms with van der Waals surface area (Å²) in [6, 6.07) is 12.6. The molecular formula is C20H18N4O3S2. The van der Waals surface area contributed by atoms with E-state index >= 15 is 0 Å². The van der Waals surface area contributed by atoms with E-state index in [0.717, 1.165) is 5.56 Å². The van der Waals surface area contributed by atoms with E-state index in [9.17, 15) is 13.2 Å². The van der Waals surface area contributed by atoms with Crippen LogP contribution in [0, 0.1) is 0 Å². The zero-order valence-corrected chi connectivity index (χ0v) is 17.4. The summed E-state index contributed by atoms with van der Waals surface area (Å²) in [6.45, 7) is 1.61. The van der Waals surface area contributed by atoms with Crippen molar-refractivity contribution in [2.75, 3.05) is 17.1 Å². The van der Waals surface area contributed by atoms with Crippen LogP contribution in [0.5, 0.6) is 0 Å². The van der Waals surface area contributed by atoms with E-state index in [1.165, 1.54) is 28.9 Å². The fourth-order valence-electron chi connectivity index (χ4n) is 3.03. The number of hydrogen-bond donors (Lipinski definition) is 0. The molecular weight excluding hydrogens is 408 g/mol. The van der Waals surface area contributed by atoms with Gasteiger partial charge in [0.2, 0.25) is 15.8 Å². The number of rotatable bonds is 6. The Labute approximate surface area is 172 Å². The van der Waals surface area contributed by atoms with Crippen molar-refractivity contribution in [3.05, 3.63) is 70.7 Å². The van der Waals surface area contributed by atoms with E-state index in [4.69, 9.17) is 0 Å². The molecule has 4 aromatic rings. The normalized spacial score (nSPS) is 11.7. The molecule has 4 rings (SSSR count). The third kappa shape index (κ3) is 3.43. The van der Waals surface area contributed by atoms with Crippen molar-refractivity contribution in [2.24, 2.45) is 0 Å². The summed E-state index contributed by atoms with van der Waals surface area (Å²) < 4.78 is 27.3. The lowest BCUT2D eigenvalue weighted by Crippen LogP contribution is -2.27. The van der Waals surface area contributed by atoms with Crippen LogP contribution >= 0.6 is 11.3 Å². The lowest BCUT2D eigenvalue weighted by atomic mass is 10.1. The molecule has 0 fully saturated rings. The Morgan fingerprint density at radius 1 is 1.21 bits per heavy atom. The average molecular weight is 427 g/mol. The Morgan fingerprint density at radius 2 is 2.03 bits per heavy atom. The average Bonchev–Trinajstić information content (AvgIpc) is 3.42. The molecule has 0 spiro atoms. The molecule has 7 nitrogen and oxygen atoms in total. The van der Waals surface area contributed by atoms with Gasteiger partial charge in [0.25, 0.3) is 0 Å². The minimum absolute atomic E-state index is 0.0145. The monoisotopic (exact) mass is 426 g/mol. The van der Waals surface area contributed by atoms with E-state index in [2.05, 4.69) is 10.1 Å².